The number of carboxylic acids is 1. The van der Waals surface area contributed by atoms with Crippen molar-refractivity contribution in [2.75, 3.05) is 13.2 Å². The molecular weight excluding hydrogens is 288 g/mol. The van der Waals surface area contributed by atoms with Gasteiger partial charge in [-0.15, -0.1) is 0 Å². The minimum Gasteiger partial charge on any atom is -0.481 e. The van der Waals surface area contributed by atoms with E-state index in [0.29, 0.717) is 12.8 Å². The maximum atomic E-state index is 11.3. The highest BCUT2D eigenvalue weighted by Gasteiger charge is 2.30. The van der Waals surface area contributed by atoms with Gasteiger partial charge in [0.2, 0.25) is 0 Å². The Morgan fingerprint density at radius 2 is 1.43 bits per heavy atom. The molecule has 0 heterocycles. The smallest absolute Gasteiger partial charge is 0.305 e. The number of hydrogen-bond acceptors (Lipinski definition) is 8. The number of rotatable bonds is 11. The van der Waals surface area contributed by atoms with Gasteiger partial charge in [-0.05, 0) is 12.8 Å². The quantitative estimate of drug-likeness (QED) is 0.180. The van der Waals surface area contributed by atoms with E-state index < -0.39 is 49.6 Å². The number of carbonyl (C=O) groups excluding carboxylic acids is 1. The van der Waals surface area contributed by atoms with Crippen molar-refractivity contribution in [1.82, 2.24) is 0 Å². The Hall–Kier alpha value is -1.26. The van der Waals surface area contributed by atoms with Crippen LogP contribution in [-0.2, 0) is 14.3 Å². The van der Waals surface area contributed by atoms with Gasteiger partial charge in [-0.2, -0.15) is 0 Å². The van der Waals surface area contributed by atoms with Gasteiger partial charge in [0.05, 0.1) is 6.61 Å². The van der Waals surface area contributed by atoms with Crippen LogP contribution in [0.3, 0.4) is 0 Å². The van der Waals surface area contributed by atoms with Crippen molar-refractivity contribution >= 4 is 11.9 Å². The van der Waals surface area contributed by atoms with Gasteiger partial charge in [0.1, 0.15) is 31.0 Å². The van der Waals surface area contributed by atoms with Crippen LogP contribution >= 0.6 is 0 Å². The van der Waals surface area contributed by atoms with E-state index in [9.17, 15) is 24.9 Å². The summed E-state index contributed by atoms with van der Waals surface area (Å²) in [6.45, 7) is -1.39. The molecule has 4 atom stereocenters. The molecule has 0 aliphatic heterocycles. The molecule has 0 rings (SSSR count). The fourth-order valence-corrected chi connectivity index (χ4v) is 1.46. The predicted molar refractivity (Wildman–Crippen MR) is 68.2 cm³/mol. The fraction of sp³-hybridized carbons (Fsp3) is 0.833. The standard InChI is InChI=1S/C12H22O9/c13-5-7(14)11(19)12(20)8(15)6-21-10(18)4-2-1-3-9(16)17/h7-8,11-15,19-20H,1-6H2,(H,16,17). The first kappa shape index (κ1) is 19.7. The molecule has 21 heavy (non-hydrogen) atoms. The Morgan fingerprint density at radius 1 is 0.905 bits per heavy atom. The molecule has 0 amide bonds. The molecule has 0 saturated carbocycles. The summed E-state index contributed by atoms with van der Waals surface area (Å²) in [4.78, 5) is 21.5. The van der Waals surface area contributed by atoms with E-state index >= 15 is 0 Å². The minimum atomic E-state index is -1.79. The van der Waals surface area contributed by atoms with Crippen molar-refractivity contribution in [3.8, 4) is 0 Å². The summed E-state index contributed by atoms with van der Waals surface area (Å²) in [5, 5.41) is 54.3. The first-order valence-corrected chi connectivity index (χ1v) is 6.50. The SMILES string of the molecule is O=C(O)CCCCC(=O)OCC(O)C(O)C(O)C(O)CO. The summed E-state index contributed by atoms with van der Waals surface area (Å²) in [6.07, 6.45) is -6.26. The second-order valence-electron chi connectivity index (χ2n) is 4.58. The highest BCUT2D eigenvalue weighted by atomic mass is 16.5. The van der Waals surface area contributed by atoms with Crippen molar-refractivity contribution < 1.29 is 45.0 Å². The second kappa shape index (κ2) is 10.5. The highest BCUT2D eigenvalue weighted by molar-refractivity contribution is 5.69. The summed E-state index contributed by atoms with van der Waals surface area (Å²) in [7, 11) is 0. The highest BCUT2D eigenvalue weighted by Crippen LogP contribution is 2.07. The van der Waals surface area contributed by atoms with Crippen molar-refractivity contribution in [2.24, 2.45) is 0 Å². The Kier molecular flexibility index (Phi) is 9.84. The van der Waals surface area contributed by atoms with E-state index in [4.69, 9.17) is 15.3 Å². The van der Waals surface area contributed by atoms with E-state index in [1.807, 2.05) is 0 Å². The molecule has 9 heteroatoms. The summed E-state index contributed by atoms with van der Waals surface area (Å²) >= 11 is 0. The van der Waals surface area contributed by atoms with E-state index in [1.54, 1.807) is 0 Å². The Morgan fingerprint density at radius 3 is 1.95 bits per heavy atom. The Balaban J connectivity index is 3.93. The molecule has 124 valence electrons. The molecule has 6 N–H and O–H groups in total. The number of esters is 1. The predicted octanol–water partition coefficient (Wildman–Crippen LogP) is -2.39. The zero-order chi connectivity index (χ0) is 16.4. The van der Waals surface area contributed by atoms with Gasteiger partial charge in [0.25, 0.3) is 0 Å². The average Bonchev–Trinajstić information content (AvgIpc) is 2.46. The molecule has 0 bridgehead atoms. The lowest BCUT2D eigenvalue weighted by Gasteiger charge is -2.25. The van der Waals surface area contributed by atoms with Crippen molar-refractivity contribution in [1.29, 1.82) is 0 Å². The van der Waals surface area contributed by atoms with Crippen LogP contribution in [0.1, 0.15) is 25.7 Å². The first-order chi connectivity index (χ1) is 9.79. The third-order valence-corrected chi connectivity index (χ3v) is 2.76. The molecular formula is C12H22O9. The van der Waals surface area contributed by atoms with E-state index in [-0.39, 0.29) is 12.8 Å². The van der Waals surface area contributed by atoms with Gasteiger partial charge in [0.15, 0.2) is 0 Å². The van der Waals surface area contributed by atoms with Crippen LogP contribution in [0, 0.1) is 0 Å². The lowest BCUT2D eigenvalue weighted by molar-refractivity contribution is -0.156. The lowest BCUT2D eigenvalue weighted by Crippen LogP contribution is -2.47. The van der Waals surface area contributed by atoms with Crippen LogP contribution in [0.5, 0.6) is 0 Å². The third-order valence-electron chi connectivity index (χ3n) is 2.76. The molecule has 0 radical (unpaired) electrons. The van der Waals surface area contributed by atoms with Crippen LogP contribution in [0.15, 0.2) is 0 Å². The summed E-state index contributed by atoms with van der Waals surface area (Å²) in [6, 6.07) is 0. The molecule has 0 aliphatic rings. The number of ether oxygens (including phenoxy) is 1. The Bertz CT molecular complexity index is 320. The molecule has 0 aromatic rings. The largest absolute Gasteiger partial charge is 0.481 e. The fourth-order valence-electron chi connectivity index (χ4n) is 1.46. The molecule has 0 aromatic carbocycles. The summed E-state index contributed by atoms with van der Waals surface area (Å²) in [5.41, 5.74) is 0. The van der Waals surface area contributed by atoms with Crippen LogP contribution in [0.25, 0.3) is 0 Å². The van der Waals surface area contributed by atoms with Crippen LogP contribution < -0.4 is 0 Å². The molecule has 0 fully saturated rings. The van der Waals surface area contributed by atoms with Crippen molar-refractivity contribution in [3.63, 3.8) is 0 Å². The molecule has 4 unspecified atom stereocenters. The van der Waals surface area contributed by atoms with Crippen LogP contribution in [0.4, 0.5) is 0 Å². The van der Waals surface area contributed by atoms with Crippen molar-refractivity contribution in [3.05, 3.63) is 0 Å². The lowest BCUT2D eigenvalue weighted by atomic mass is 10.0. The molecule has 0 spiro atoms. The number of carbonyl (C=O) groups is 2. The second-order valence-corrected chi connectivity index (χ2v) is 4.58. The number of hydrogen-bond donors (Lipinski definition) is 6. The van der Waals surface area contributed by atoms with E-state index in [1.165, 1.54) is 0 Å². The number of aliphatic hydroxyl groups excluding tert-OH is 5. The monoisotopic (exact) mass is 310 g/mol. The summed E-state index contributed by atoms with van der Waals surface area (Å²) < 4.78 is 4.64. The zero-order valence-corrected chi connectivity index (χ0v) is 11.5. The van der Waals surface area contributed by atoms with Gasteiger partial charge >= 0.3 is 11.9 Å². The van der Waals surface area contributed by atoms with Gasteiger partial charge in [-0.3, -0.25) is 9.59 Å². The van der Waals surface area contributed by atoms with E-state index in [2.05, 4.69) is 4.74 Å². The van der Waals surface area contributed by atoms with Gasteiger partial charge in [-0.25, -0.2) is 0 Å². The van der Waals surface area contributed by atoms with Gasteiger partial charge < -0.3 is 35.4 Å². The number of unbranched alkanes of at least 4 members (excludes halogenated alkanes) is 1. The summed E-state index contributed by atoms with van der Waals surface area (Å²) in [5.74, 6) is -1.64. The minimum absolute atomic E-state index is 0.0298. The van der Waals surface area contributed by atoms with Gasteiger partial charge in [0, 0.05) is 12.8 Å². The number of carboxylic acid groups (broad SMARTS) is 1. The van der Waals surface area contributed by atoms with Crippen LogP contribution in [-0.4, -0.2) is 80.2 Å². The van der Waals surface area contributed by atoms with E-state index in [0.717, 1.165) is 0 Å². The number of aliphatic carboxylic acids is 1. The van der Waals surface area contributed by atoms with Crippen molar-refractivity contribution in [2.45, 2.75) is 50.1 Å². The Labute approximate surface area is 121 Å². The molecule has 0 saturated heterocycles. The average molecular weight is 310 g/mol. The normalized spacial score (nSPS) is 16.8. The van der Waals surface area contributed by atoms with Gasteiger partial charge in [-0.1, -0.05) is 0 Å². The topological polar surface area (TPSA) is 165 Å². The van der Waals surface area contributed by atoms with Crippen LogP contribution in [0.2, 0.25) is 0 Å². The zero-order valence-electron chi connectivity index (χ0n) is 11.5. The molecule has 0 aliphatic carbocycles. The first-order valence-electron chi connectivity index (χ1n) is 6.50. The molecule has 9 nitrogen and oxygen atoms in total. The third kappa shape index (κ3) is 8.58. The number of aliphatic hydroxyl groups is 5. The maximum absolute atomic E-state index is 11.3. The molecule has 0 aromatic heterocycles. The maximum Gasteiger partial charge on any atom is 0.305 e.